The number of aryl methyl sites for hydroxylation is 1. The monoisotopic (exact) mass is 238 g/mol. The van der Waals surface area contributed by atoms with Crippen LogP contribution in [0.3, 0.4) is 0 Å². The molecule has 0 radical (unpaired) electrons. The van der Waals surface area contributed by atoms with Crippen LogP contribution in [0.4, 0.5) is 0 Å². The summed E-state index contributed by atoms with van der Waals surface area (Å²) in [7, 11) is 0. The van der Waals surface area contributed by atoms with Crippen molar-refractivity contribution in [2.75, 3.05) is 0 Å². The van der Waals surface area contributed by atoms with Gasteiger partial charge in [-0.2, -0.15) is 0 Å². The standard InChI is InChI=1S/C10H11ClN4O/c1-2-14-3-4-15(10(14)16)7-8-5-13-9(11)6-12-8/h3-6H,2,7H2,1H3. The molecule has 0 unspecified atom stereocenters. The van der Waals surface area contributed by atoms with Crippen molar-refractivity contribution in [2.24, 2.45) is 0 Å². The Balaban J connectivity index is 2.24. The molecule has 0 saturated carbocycles. The number of aromatic nitrogens is 4. The molecular formula is C10H11ClN4O. The minimum Gasteiger partial charge on any atom is -0.300 e. The third-order valence-corrected chi connectivity index (χ3v) is 2.46. The van der Waals surface area contributed by atoms with Crippen molar-refractivity contribution in [3.63, 3.8) is 0 Å². The maximum Gasteiger partial charge on any atom is 0.328 e. The van der Waals surface area contributed by atoms with Gasteiger partial charge < -0.3 is 0 Å². The second-order valence-electron chi connectivity index (χ2n) is 3.33. The minimum absolute atomic E-state index is 0.0424. The van der Waals surface area contributed by atoms with Gasteiger partial charge in [0.15, 0.2) is 0 Å². The van der Waals surface area contributed by atoms with E-state index in [0.717, 1.165) is 0 Å². The van der Waals surface area contributed by atoms with Gasteiger partial charge in [-0.3, -0.25) is 14.1 Å². The third kappa shape index (κ3) is 2.14. The maximum atomic E-state index is 11.7. The zero-order valence-corrected chi connectivity index (χ0v) is 9.55. The highest BCUT2D eigenvalue weighted by Gasteiger charge is 2.03. The Hall–Kier alpha value is -1.62. The predicted octanol–water partition coefficient (Wildman–Crippen LogP) is 1.16. The number of hydrogen-bond acceptors (Lipinski definition) is 3. The number of imidazole rings is 1. The van der Waals surface area contributed by atoms with Crippen molar-refractivity contribution < 1.29 is 0 Å². The van der Waals surface area contributed by atoms with E-state index in [1.54, 1.807) is 27.7 Å². The van der Waals surface area contributed by atoms with Gasteiger partial charge in [-0.05, 0) is 6.92 Å². The van der Waals surface area contributed by atoms with Crippen molar-refractivity contribution in [1.29, 1.82) is 0 Å². The molecular weight excluding hydrogens is 228 g/mol. The van der Waals surface area contributed by atoms with E-state index >= 15 is 0 Å². The van der Waals surface area contributed by atoms with Gasteiger partial charge in [-0.25, -0.2) is 9.78 Å². The van der Waals surface area contributed by atoms with Crippen molar-refractivity contribution >= 4 is 11.6 Å². The van der Waals surface area contributed by atoms with Gasteiger partial charge >= 0.3 is 5.69 Å². The zero-order valence-electron chi connectivity index (χ0n) is 8.80. The van der Waals surface area contributed by atoms with Gasteiger partial charge in [-0.15, -0.1) is 0 Å². The van der Waals surface area contributed by atoms with E-state index in [1.165, 1.54) is 6.20 Å². The molecule has 0 spiro atoms. The molecule has 0 aliphatic carbocycles. The van der Waals surface area contributed by atoms with Crippen molar-refractivity contribution in [3.8, 4) is 0 Å². The number of hydrogen-bond donors (Lipinski definition) is 0. The Kier molecular flexibility index (Phi) is 3.05. The zero-order chi connectivity index (χ0) is 11.5. The van der Waals surface area contributed by atoms with Gasteiger partial charge in [-0.1, -0.05) is 11.6 Å². The fourth-order valence-electron chi connectivity index (χ4n) is 1.41. The lowest BCUT2D eigenvalue weighted by Crippen LogP contribution is -2.24. The SMILES string of the molecule is CCn1ccn(Cc2cnc(Cl)cn2)c1=O. The summed E-state index contributed by atoms with van der Waals surface area (Å²) >= 11 is 5.63. The molecule has 84 valence electrons. The molecule has 2 aromatic heterocycles. The van der Waals surface area contributed by atoms with Crippen LogP contribution in [-0.2, 0) is 13.1 Å². The molecule has 6 heteroatoms. The van der Waals surface area contributed by atoms with Crippen LogP contribution in [0.2, 0.25) is 5.15 Å². The average molecular weight is 239 g/mol. The third-order valence-electron chi connectivity index (χ3n) is 2.26. The number of halogens is 1. The van der Waals surface area contributed by atoms with Crippen LogP contribution in [0, 0.1) is 0 Å². The first-order chi connectivity index (χ1) is 7.70. The molecule has 0 aromatic carbocycles. The summed E-state index contributed by atoms with van der Waals surface area (Å²) in [4.78, 5) is 19.7. The quantitative estimate of drug-likeness (QED) is 0.807. The second-order valence-corrected chi connectivity index (χ2v) is 3.71. The summed E-state index contributed by atoms with van der Waals surface area (Å²) < 4.78 is 3.21. The van der Waals surface area contributed by atoms with Crippen LogP contribution < -0.4 is 5.69 Å². The largest absolute Gasteiger partial charge is 0.328 e. The topological polar surface area (TPSA) is 52.7 Å². The Morgan fingerprint density at radius 3 is 2.56 bits per heavy atom. The normalized spacial score (nSPS) is 10.6. The summed E-state index contributed by atoms with van der Waals surface area (Å²) in [5.74, 6) is 0. The lowest BCUT2D eigenvalue weighted by atomic mass is 10.4. The van der Waals surface area contributed by atoms with E-state index in [-0.39, 0.29) is 5.69 Å². The Labute approximate surface area is 97.3 Å². The lowest BCUT2D eigenvalue weighted by molar-refractivity contribution is 0.660. The summed E-state index contributed by atoms with van der Waals surface area (Å²) in [5, 5.41) is 0.349. The van der Waals surface area contributed by atoms with E-state index in [0.29, 0.717) is 23.9 Å². The first kappa shape index (κ1) is 10.9. The van der Waals surface area contributed by atoms with Crippen molar-refractivity contribution in [1.82, 2.24) is 19.1 Å². The average Bonchev–Trinajstić information content (AvgIpc) is 2.63. The van der Waals surface area contributed by atoms with Crippen LogP contribution in [-0.4, -0.2) is 19.1 Å². The Morgan fingerprint density at radius 2 is 2.00 bits per heavy atom. The first-order valence-electron chi connectivity index (χ1n) is 4.92. The highest BCUT2D eigenvalue weighted by Crippen LogP contribution is 2.02. The molecule has 0 aliphatic heterocycles. The van der Waals surface area contributed by atoms with Gasteiger partial charge in [0.2, 0.25) is 0 Å². The molecule has 0 atom stereocenters. The Bertz CT molecular complexity index is 528. The molecule has 0 bridgehead atoms. The fourth-order valence-corrected chi connectivity index (χ4v) is 1.51. The predicted molar refractivity (Wildman–Crippen MR) is 60.5 cm³/mol. The molecule has 0 saturated heterocycles. The van der Waals surface area contributed by atoms with E-state index in [9.17, 15) is 4.79 Å². The number of nitrogens with zero attached hydrogens (tertiary/aromatic N) is 4. The highest BCUT2D eigenvalue weighted by molar-refractivity contribution is 6.29. The lowest BCUT2D eigenvalue weighted by Gasteiger charge is -2.00. The van der Waals surface area contributed by atoms with Crippen LogP contribution in [0.5, 0.6) is 0 Å². The molecule has 0 fully saturated rings. The number of rotatable bonds is 3. The molecule has 2 heterocycles. The van der Waals surface area contributed by atoms with Gasteiger partial charge in [0, 0.05) is 18.9 Å². The van der Waals surface area contributed by atoms with Crippen LogP contribution >= 0.6 is 11.6 Å². The Morgan fingerprint density at radius 1 is 1.25 bits per heavy atom. The van der Waals surface area contributed by atoms with Gasteiger partial charge in [0.25, 0.3) is 0 Å². The van der Waals surface area contributed by atoms with Crippen LogP contribution in [0.25, 0.3) is 0 Å². The molecule has 0 N–H and O–H groups in total. The first-order valence-corrected chi connectivity index (χ1v) is 5.30. The van der Waals surface area contributed by atoms with Crippen LogP contribution in [0.1, 0.15) is 12.6 Å². The van der Waals surface area contributed by atoms with E-state index < -0.39 is 0 Å². The molecule has 5 nitrogen and oxygen atoms in total. The second kappa shape index (κ2) is 4.49. The summed E-state index contributed by atoms with van der Waals surface area (Å²) in [6.45, 7) is 3.00. The molecule has 0 aliphatic rings. The van der Waals surface area contributed by atoms with E-state index in [4.69, 9.17) is 11.6 Å². The van der Waals surface area contributed by atoms with Crippen molar-refractivity contribution in [3.05, 3.63) is 46.1 Å². The van der Waals surface area contributed by atoms with Crippen molar-refractivity contribution in [2.45, 2.75) is 20.0 Å². The molecule has 0 amide bonds. The van der Waals surface area contributed by atoms with Crippen LogP contribution in [0.15, 0.2) is 29.6 Å². The summed E-state index contributed by atoms with van der Waals surface area (Å²) in [6, 6.07) is 0. The fraction of sp³-hybridized carbons (Fsp3) is 0.300. The maximum absolute atomic E-state index is 11.7. The smallest absolute Gasteiger partial charge is 0.300 e. The van der Waals surface area contributed by atoms with Gasteiger partial charge in [0.1, 0.15) is 5.15 Å². The summed E-state index contributed by atoms with van der Waals surface area (Å²) in [5.41, 5.74) is 0.666. The molecule has 2 aromatic rings. The molecule has 16 heavy (non-hydrogen) atoms. The highest BCUT2D eigenvalue weighted by atomic mass is 35.5. The van der Waals surface area contributed by atoms with E-state index in [1.807, 2.05) is 6.92 Å². The van der Waals surface area contributed by atoms with E-state index in [2.05, 4.69) is 9.97 Å². The minimum atomic E-state index is -0.0424. The van der Waals surface area contributed by atoms with Gasteiger partial charge in [0.05, 0.1) is 24.6 Å². The molecule has 2 rings (SSSR count). The summed E-state index contributed by atoms with van der Waals surface area (Å²) in [6.07, 6.45) is 6.53.